The highest BCUT2D eigenvalue weighted by atomic mass is 19.3. The van der Waals surface area contributed by atoms with E-state index in [4.69, 9.17) is 10.5 Å². The van der Waals surface area contributed by atoms with Gasteiger partial charge in [0.1, 0.15) is 11.6 Å². The maximum atomic E-state index is 12.6. The van der Waals surface area contributed by atoms with Crippen molar-refractivity contribution in [1.82, 2.24) is 0 Å². The first-order valence-corrected chi connectivity index (χ1v) is 5.45. The normalized spacial score (nSPS) is 22.4. The first-order chi connectivity index (χ1) is 7.09. The van der Waals surface area contributed by atoms with Gasteiger partial charge < -0.3 is 10.5 Å². The van der Waals surface area contributed by atoms with E-state index >= 15 is 0 Å². The summed E-state index contributed by atoms with van der Waals surface area (Å²) in [5.74, 6) is -3.22. The fourth-order valence-electron chi connectivity index (χ4n) is 1.78. The second kappa shape index (κ2) is 4.28. The third kappa shape index (κ3) is 4.04. The molecule has 1 fully saturated rings. The van der Waals surface area contributed by atoms with Gasteiger partial charge in [-0.1, -0.05) is 0 Å². The molecule has 1 atom stereocenters. The van der Waals surface area contributed by atoms with Gasteiger partial charge >= 0.3 is 5.97 Å². The van der Waals surface area contributed by atoms with E-state index in [9.17, 15) is 13.6 Å². The summed E-state index contributed by atoms with van der Waals surface area (Å²) in [6.07, 6.45) is -0.0441. The molecule has 1 aliphatic carbocycles. The molecule has 0 radical (unpaired) electrons. The lowest BCUT2D eigenvalue weighted by atomic mass is 9.77. The zero-order valence-electron chi connectivity index (χ0n) is 9.93. The molecule has 3 nitrogen and oxygen atoms in total. The molecule has 0 bridgehead atoms. The van der Waals surface area contributed by atoms with Gasteiger partial charge in [0.25, 0.3) is 0 Å². The van der Waals surface area contributed by atoms with Crippen LogP contribution < -0.4 is 5.73 Å². The van der Waals surface area contributed by atoms with Crippen molar-refractivity contribution < 1.29 is 18.3 Å². The summed E-state index contributed by atoms with van der Waals surface area (Å²) >= 11 is 0. The number of alkyl halides is 2. The largest absolute Gasteiger partial charge is 0.459 e. The lowest BCUT2D eigenvalue weighted by Gasteiger charge is -2.36. The average molecular weight is 235 g/mol. The predicted octanol–water partition coefficient (Wildman–Crippen LogP) is 2.09. The van der Waals surface area contributed by atoms with E-state index in [0.717, 1.165) is 0 Å². The van der Waals surface area contributed by atoms with E-state index in [1.807, 2.05) is 0 Å². The van der Waals surface area contributed by atoms with Gasteiger partial charge in [0.05, 0.1) is 0 Å². The second-order valence-corrected chi connectivity index (χ2v) is 5.51. The maximum absolute atomic E-state index is 12.6. The van der Waals surface area contributed by atoms with Crippen LogP contribution in [0.1, 0.15) is 40.0 Å². The monoisotopic (exact) mass is 235 g/mol. The van der Waals surface area contributed by atoms with Crippen LogP contribution in [0.4, 0.5) is 8.78 Å². The van der Waals surface area contributed by atoms with Gasteiger partial charge in [0, 0.05) is 12.8 Å². The smallest absolute Gasteiger partial charge is 0.323 e. The van der Waals surface area contributed by atoms with Gasteiger partial charge in [-0.2, -0.15) is 0 Å². The molecule has 0 heterocycles. The summed E-state index contributed by atoms with van der Waals surface area (Å²) in [5, 5.41) is 0. The number of halogens is 2. The standard InChI is InChI=1S/C11H19F2NO2/c1-10(2,3)16-9(15)8(14)4-7-5-11(12,13)6-7/h7-8H,4-6,14H2,1-3H3. The average Bonchev–Trinajstić information content (AvgIpc) is 1.97. The first kappa shape index (κ1) is 13.4. The van der Waals surface area contributed by atoms with Crippen molar-refractivity contribution in [2.75, 3.05) is 0 Å². The number of carbonyl (C=O) groups excluding carboxylic acids is 1. The molecule has 1 aliphatic rings. The summed E-state index contributed by atoms with van der Waals surface area (Å²) < 4.78 is 30.2. The van der Waals surface area contributed by atoms with E-state index in [1.54, 1.807) is 20.8 Å². The summed E-state index contributed by atoms with van der Waals surface area (Å²) in [6.45, 7) is 5.24. The molecule has 2 N–H and O–H groups in total. The molecule has 16 heavy (non-hydrogen) atoms. The molecule has 1 rings (SSSR count). The van der Waals surface area contributed by atoms with Gasteiger partial charge in [-0.15, -0.1) is 0 Å². The fraction of sp³-hybridized carbons (Fsp3) is 0.909. The second-order valence-electron chi connectivity index (χ2n) is 5.51. The summed E-state index contributed by atoms with van der Waals surface area (Å²) in [7, 11) is 0. The predicted molar refractivity (Wildman–Crippen MR) is 56.1 cm³/mol. The molecule has 0 aromatic rings. The molecule has 1 saturated carbocycles. The topological polar surface area (TPSA) is 52.3 Å². The Labute approximate surface area is 94.3 Å². The van der Waals surface area contributed by atoms with Crippen LogP contribution in [0.5, 0.6) is 0 Å². The molecule has 94 valence electrons. The van der Waals surface area contributed by atoms with E-state index in [2.05, 4.69) is 0 Å². The van der Waals surface area contributed by atoms with Crippen LogP contribution in [-0.4, -0.2) is 23.5 Å². The van der Waals surface area contributed by atoms with Gasteiger partial charge in [-0.25, -0.2) is 8.78 Å². The molecular weight excluding hydrogens is 216 g/mol. The molecular formula is C11H19F2NO2. The number of hydrogen-bond donors (Lipinski definition) is 1. The van der Waals surface area contributed by atoms with E-state index in [1.165, 1.54) is 0 Å². The fourth-order valence-corrected chi connectivity index (χ4v) is 1.78. The van der Waals surface area contributed by atoms with Crippen molar-refractivity contribution in [3.05, 3.63) is 0 Å². The van der Waals surface area contributed by atoms with Gasteiger partial charge in [-0.3, -0.25) is 4.79 Å². The van der Waals surface area contributed by atoms with Crippen LogP contribution in [0.3, 0.4) is 0 Å². The van der Waals surface area contributed by atoms with Crippen molar-refractivity contribution in [1.29, 1.82) is 0 Å². The molecule has 5 heteroatoms. The zero-order chi connectivity index (χ0) is 12.6. The minimum absolute atomic E-state index is 0.155. The summed E-state index contributed by atoms with van der Waals surface area (Å²) in [5.41, 5.74) is 5.02. The van der Waals surface area contributed by atoms with Crippen molar-refractivity contribution in [2.24, 2.45) is 11.7 Å². The van der Waals surface area contributed by atoms with Crippen molar-refractivity contribution in [3.63, 3.8) is 0 Å². The Morgan fingerprint density at radius 1 is 1.50 bits per heavy atom. The van der Waals surface area contributed by atoms with Gasteiger partial charge in [0.2, 0.25) is 5.92 Å². The number of nitrogens with two attached hydrogens (primary N) is 1. The Morgan fingerprint density at radius 2 is 2.00 bits per heavy atom. The highest BCUT2D eigenvalue weighted by molar-refractivity contribution is 5.75. The Balaban J connectivity index is 2.31. The number of esters is 1. The molecule has 0 amide bonds. The van der Waals surface area contributed by atoms with Crippen molar-refractivity contribution in [3.8, 4) is 0 Å². The Kier molecular flexibility index (Phi) is 3.57. The van der Waals surface area contributed by atoms with Crippen LogP contribution in [0, 0.1) is 5.92 Å². The quantitative estimate of drug-likeness (QED) is 0.762. The SMILES string of the molecule is CC(C)(C)OC(=O)C(N)CC1CC(F)(F)C1. The number of ether oxygens (including phenoxy) is 1. The van der Waals surface area contributed by atoms with E-state index in [-0.39, 0.29) is 25.2 Å². The molecule has 0 aromatic carbocycles. The maximum Gasteiger partial charge on any atom is 0.323 e. The third-order valence-corrected chi connectivity index (χ3v) is 2.47. The molecule has 1 unspecified atom stereocenters. The zero-order valence-corrected chi connectivity index (χ0v) is 9.93. The van der Waals surface area contributed by atoms with E-state index < -0.39 is 23.5 Å². The highest BCUT2D eigenvalue weighted by Gasteiger charge is 2.46. The Hall–Kier alpha value is -0.710. The molecule has 0 spiro atoms. The Bertz CT molecular complexity index is 266. The van der Waals surface area contributed by atoms with Crippen molar-refractivity contribution >= 4 is 5.97 Å². The minimum atomic E-state index is -2.56. The van der Waals surface area contributed by atoms with E-state index in [0.29, 0.717) is 0 Å². The summed E-state index contributed by atoms with van der Waals surface area (Å²) in [4.78, 5) is 11.5. The van der Waals surface area contributed by atoms with Gasteiger partial charge in [0.15, 0.2) is 0 Å². The minimum Gasteiger partial charge on any atom is -0.459 e. The lowest BCUT2D eigenvalue weighted by molar-refractivity contribution is -0.159. The molecule has 0 aromatic heterocycles. The number of hydrogen-bond acceptors (Lipinski definition) is 3. The van der Waals surface area contributed by atoms with Crippen LogP contribution in [0.15, 0.2) is 0 Å². The molecule has 0 aliphatic heterocycles. The van der Waals surface area contributed by atoms with Crippen molar-refractivity contribution in [2.45, 2.75) is 57.6 Å². The third-order valence-electron chi connectivity index (χ3n) is 2.47. The highest BCUT2D eigenvalue weighted by Crippen LogP contribution is 2.44. The lowest BCUT2D eigenvalue weighted by Crippen LogP contribution is -2.43. The van der Waals surface area contributed by atoms with Crippen LogP contribution >= 0.6 is 0 Å². The summed E-state index contributed by atoms with van der Waals surface area (Å²) in [6, 6.07) is -0.791. The van der Waals surface area contributed by atoms with Gasteiger partial charge in [-0.05, 0) is 33.1 Å². The molecule has 0 saturated heterocycles. The number of carbonyl (C=O) groups is 1. The van der Waals surface area contributed by atoms with Crippen LogP contribution in [0.25, 0.3) is 0 Å². The Morgan fingerprint density at radius 3 is 2.38 bits per heavy atom. The first-order valence-electron chi connectivity index (χ1n) is 5.45. The van der Waals surface area contributed by atoms with Crippen LogP contribution in [0.2, 0.25) is 0 Å². The van der Waals surface area contributed by atoms with Crippen LogP contribution in [-0.2, 0) is 9.53 Å². The number of rotatable bonds is 3.